The van der Waals surface area contributed by atoms with Crippen LogP contribution in [-0.4, -0.2) is 48.1 Å². The molecule has 3 aromatic rings. The summed E-state index contributed by atoms with van der Waals surface area (Å²) in [5.41, 5.74) is 2.21. The van der Waals surface area contributed by atoms with Gasteiger partial charge in [-0.1, -0.05) is 6.07 Å². The third kappa shape index (κ3) is 4.34. The molecule has 0 bridgehead atoms. The van der Waals surface area contributed by atoms with E-state index in [0.717, 1.165) is 24.7 Å². The Morgan fingerprint density at radius 1 is 1.24 bits per heavy atom. The summed E-state index contributed by atoms with van der Waals surface area (Å²) in [6.07, 6.45) is 2.20. The topological polar surface area (TPSA) is 126 Å². The van der Waals surface area contributed by atoms with Gasteiger partial charge >= 0.3 is 0 Å². The lowest BCUT2D eigenvalue weighted by Crippen LogP contribution is -2.18. The molecule has 2 atom stereocenters. The number of amides is 1. The van der Waals surface area contributed by atoms with Gasteiger partial charge in [0, 0.05) is 25.3 Å². The Labute approximate surface area is 194 Å². The fourth-order valence-electron chi connectivity index (χ4n) is 4.11. The third-order valence-electron chi connectivity index (χ3n) is 5.95. The maximum Gasteiger partial charge on any atom is 0.260 e. The number of rotatable bonds is 6. The van der Waals surface area contributed by atoms with Gasteiger partial charge in [0.2, 0.25) is 5.91 Å². The summed E-state index contributed by atoms with van der Waals surface area (Å²) >= 11 is 0. The molecule has 0 radical (unpaired) electrons. The average Bonchev–Trinajstić information content (AvgIpc) is 3.12. The van der Waals surface area contributed by atoms with Crippen molar-refractivity contribution >= 4 is 44.1 Å². The Morgan fingerprint density at radius 2 is 2.00 bits per heavy atom. The van der Waals surface area contributed by atoms with E-state index in [9.17, 15) is 22.0 Å². The summed E-state index contributed by atoms with van der Waals surface area (Å²) in [5.74, 6) is -4.64. The quantitative estimate of drug-likeness (QED) is 0.478. The molecule has 1 aliphatic heterocycles. The molecule has 1 saturated heterocycles. The lowest BCUT2D eigenvalue weighted by molar-refractivity contribution is -0.119. The molecule has 1 aliphatic carbocycles. The van der Waals surface area contributed by atoms with Crippen LogP contribution in [0.4, 0.5) is 26.0 Å². The Morgan fingerprint density at radius 3 is 2.65 bits per heavy atom. The van der Waals surface area contributed by atoms with Crippen LogP contribution in [0.1, 0.15) is 36.8 Å². The van der Waals surface area contributed by atoms with Crippen molar-refractivity contribution in [1.29, 1.82) is 0 Å². The number of pyridine rings is 1. The number of carbonyl (C=O) groups is 1. The lowest BCUT2D eigenvalue weighted by atomic mass is 10.1. The van der Waals surface area contributed by atoms with Crippen molar-refractivity contribution in [3.8, 4) is 0 Å². The third-order valence-corrected chi connectivity index (χ3v) is 7.09. The van der Waals surface area contributed by atoms with Crippen LogP contribution in [-0.2, 0) is 19.4 Å². The van der Waals surface area contributed by atoms with Gasteiger partial charge in [-0.3, -0.25) is 4.79 Å². The molecular weight excluding hydrogens is 468 g/mol. The molecule has 3 heterocycles. The van der Waals surface area contributed by atoms with E-state index in [1.807, 2.05) is 6.07 Å². The molecule has 2 aliphatic rings. The standard InChI is InChI=1S/C22H23F2N5O4S/c1-11-25-19-15(9-18(28-20(19)26-11)29-21(30)13-10-22(13,23)24)27-14-6-5-12(16-4-3-7-33-16)8-17(14)34(2,31)32/h5-6,8-9,13,16H,3-4,7,10H2,1-2H3,(H3,25,26,27,28,29,30)/t13-,16-/m0/s1. The van der Waals surface area contributed by atoms with E-state index in [2.05, 4.69) is 25.6 Å². The zero-order valence-electron chi connectivity index (χ0n) is 18.5. The van der Waals surface area contributed by atoms with Crippen LogP contribution in [0, 0.1) is 12.8 Å². The van der Waals surface area contributed by atoms with Gasteiger partial charge < -0.3 is 20.4 Å². The first kappa shape index (κ1) is 22.7. The zero-order valence-corrected chi connectivity index (χ0v) is 19.3. The largest absolute Gasteiger partial charge is 0.374 e. The molecule has 2 fully saturated rings. The molecule has 2 aromatic heterocycles. The average molecular weight is 492 g/mol. The number of anilines is 3. The molecule has 5 rings (SSSR count). The molecule has 1 aromatic carbocycles. The molecular formula is C22H23F2N5O4S. The molecule has 0 unspecified atom stereocenters. The highest BCUT2D eigenvalue weighted by Gasteiger charge is 2.61. The highest BCUT2D eigenvalue weighted by molar-refractivity contribution is 7.90. The van der Waals surface area contributed by atoms with Gasteiger partial charge in [0.15, 0.2) is 15.5 Å². The van der Waals surface area contributed by atoms with Crippen LogP contribution < -0.4 is 10.6 Å². The van der Waals surface area contributed by atoms with Gasteiger partial charge in [-0.15, -0.1) is 0 Å². The number of nitrogens with zero attached hydrogens (tertiary/aromatic N) is 2. The van der Waals surface area contributed by atoms with Crippen molar-refractivity contribution in [1.82, 2.24) is 15.0 Å². The lowest BCUT2D eigenvalue weighted by Gasteiger charge is -2.16. The predicted molar refractivity (Wildman–Crippen MR) is 121 cm³/mol. The van der Waals surface area contributed by atoms with Gasteiger partial charge in [0.05, 0.1) is 22.4 Å². The Bertz CT molecular complexity index is 1400. The van der Waals surface area contributed by atoms with E-state index in [1.54, 1.807) is 19.1 Å². The summed E-state index contributed by atoms with van der Waals surface area (Å²) in [6.45, 7) is 2.35. The van der Waals surface area contributed by atoms with Crippen LogP contribution in [0.25, 0.3) is 11.2 Å². The van der Waals surface area contributed by atoms with Crippen molar-refractivity contribution in [3.05, 3.63) is 35.7 Å². The minimum atomic E-state index is -3.61. The number of hydrogen-bond acceptors (Lipinski definition) is 7. The molecule has 12 heteroatoms. The number of aromatic nitrogens is 3. The van der Waals surface area contributed by atoms with Crippen molar-refractivity contribution in [2.45, 2.75) is 43.1 Å². The zero-order chi connectivity index (χ0) is 24.3. The number of imidazole rings is 1. The van der Waals surface area contributed by atoms with Crippen LogP contribution >= 0.6 is 0 Å². The Kier molecular flexibility index (Phi) is 5.32. The number of sulfone groups is 1. The fourth-order valence-corrected chi connectivity index (χ4v) is 4.98. The van der Waals surface area contributed by atoms with Gasteiger partial charge in [0.1, 0.15) is 23.1 Å². The number of benzene rings is 1. The molecule has 3 N–H and O–H groups in total. The number of ether oxygens (including phenoxy) is 1. The number of H-pyrrole nitrogens is 1. The molecule has 0 spiro atoms. The number of hydrogen-bond donors (Lipinski definition) is 3. The summed E-state index contributed by atoms with van der Waals surface area (Å²) in [5, 5.41) is 5.52. The number of carbonyl (C=O) groups excluding carboxylic acids is 1. The van der Waals surface area contributed by atoms with Gasteiger partial charge in [-0.25, -0.2) is 27.2 Å². The predicted octanol–water partition coefficient (Wildman–Crippen LogP) is 3.86. The van der Waals surface area contributed by atoms with Crippen LogP contribution in [0.3, 0.4) is 0 Å². The van der Waals surface area contributed by atoms with Crippen molar-refractivity contribution in [2.75, 3.05) is 23.5 Å². The van der Waals surface area contributed by atoms with Crippen LogP contribution in [0.2, 0.25) is 0 Å². The highest BCUT2D eigenvalue weighted by atomic mass is 32.2. The van der Waals surface area contributed by atoms with E-state index in [-0.39, 0.29) is 22.5 Å². The number of nitrogens with one attached hydrogen (secondary N) is 3. The van der Waals surface area contributed by atoms with Crippen molar-refractivity contribution < 1.29 is 26.7 Å². The summed E-state index contributed by atoms with van der Waals surface area (Å²) < 4.78 is 57.5. The Hall–Kier alpha value is -3.12. The van der Waals surface area contributed by atoms with Gasteiger partial charge in [0.25, 0.3) is 5.92 Å². The van der Waals surface area contributed by atoms with Crippen molar-refractivity contribution in [2.24, 2.45) is 5.92 Å². The summed E-state index contributed by atoms with van der Waals surface area (Å²) in [7, 11) is -3.61. The van der Waals surface area contributed by atoms with Crippen molar-refractivity contribution in [3.63, 3.8) is 0 Å². The van der Waals surface area contributed by atoms with E-state index in [4.69, 9.17) is 4.74 Å². The summed E-state index contributed by atoms with van der Waals surface area (Å²) in [4.78, 5) is 23.8. The number of halogens is 2. The molecule has 1 saturated carbocycles. The number of alkyl halides is 2. The Balaban J connectivity index is 1.52. The molecule has 34 heavy (non-hydrogen) atoms. The SMILES string of the molecule is Cc1nc2nc(NC(=O)[C@@H]3CC3(F)F)cc(Nc3ccc([C@@H]4CCCO4)cc3S(C)(=O)=O)c2[nH]1. The fraction of sp³-hybridized carbons (Fsp3) is 0.409. The summed E-state index contributed by atoms with van der Waals surface area (Å²) in [6, 6.07) is 6.52. The highest BCUT2D eigenvalue weighted by Crippen LogP contribution is 2.49. The molecule has 180 valence electrons. The second kappa shape index (κ2) is 7.98. The molecule has 1 amide bonds. The second-order valence-corrected chi connectivity index (χ2v) is 10.7. The first-order chi connectivity index (χ1) is 16.0. The van der Waals surface area contributed by atoms with Crippen LogP contribution in [0.5, 0.6) is 0 Å². The maximum atomic E-state index is 13.3. The van der Waals surface area contributed by atoms with E-state index in [0.29, 0.717) is 29.3 Å². The monoisotopic (exact) mass is 491 g/mol. The van der Waals surface area contributed by atoms with E-state index < -0.39 is 34.0 Å². The normalized spacial score (nSPS) is 21.5. The smallest absolute Gasteiger partial charge is 0.260 e. The van der Waals surface area contributed by atoms with E-state index in [1.165, 1.54) is 6.07 Å². The number of aryl methyl sites for hydroxylation is 1. The number of fused-ring (bicyclic) bond motifs is 1. The first-order valence-electron chi connectivity index (χ1n) is 10.8. The number of aromatic amines is 1. The minimum Gasteiger partial charge on any atom is -0.374 e. The van der Waals surface area contributed by atoms with Crippen LogP contribution in [0.15, 0.2) is 29.2 Å². The van der Waals surface area contributed by atoms with E-state index >= 15 is 0 Å². The second-order valence-electron chi connectivity index (χ2n) is 8.74. The molecule has 9 nitrogen and oxygen atoms in total. The minimum absolute atomic E-state index is 0.0334. The maximum absolute atomic E-state index is 13.3. The van der Waals surface area contributed by atoms with Gasteiger partial charge in [-0.05, 0) is 37.5 Å². The van der Waals surface area contributed by atoms with Gasteiger partial charge in [-0.2, -0.15) is 0 Å². The first-order valence-corrected chi connectivity index (χ1v) is 12.7.